The molecule has 0 bridgehead atoms. The number of methoxy groups -OCH3 is 1. The van der Waals surface area contributed by atoms with Crippen molar-refractivity contribution in [3.8, 4) is 0 Å². The number of halogens is 1. The van der Waals surface area contributed by atoms with Crippen molar-refractivity contribution in [2.24, 2.45) is 0 Å². The number of rotatable bonds is 5. The lowest BCUT2D eigenvalue weighted by Crippen LogP contribution is -2.20. The largest absolute Gasteiger partial charge is 0.465 e. The molecule has 1 aromatic carbocycles. The number of aliphatic hydroxyl groups is 2. The molecule has 0 saturated heterocycles. The molecule has 0 amide bonds. The van der Waals surface area contributed by atoms with Gasteiger partial charge in [-0.15, -0.1) is 11.6 Å². The molecule has 0 aliphatic carbocycles. The van der Waals surface area contributed by atoms with Crippen LogP contribution in [0.2, 0.25) is 0 Å². The zero-order valence-corrected chi connectivity index (χ0v) is 11.1. The lowest BCUT2D eigenvalue weighted by Gasteiger charge is -2.19. The van der Waals surface area contributed by atoms with Gasteiger partial charge in [-0.05, 0) is 36.6 Å². The minimum absolute atomic E-state index is 0.258. The Morgan fingerprint density at radius 3 is 2.67 bits per heavy atom. The molecule has 1 rings (SSSR count). The van der Waals surface area contributed by atoms with Crippen molar-refractivity contribution in [3.05, 3.63) is 34.9 Å². The van der Waals surface area contributed by atoms with Gasteiger partial charge in [0, 0.05) is 5.88 Å². The first-order valence-electron chi connectivity index (χ1n) is 5.62. The van der Waals surface area contributed by atoms with Crippen LogP contribution in [0.4, 0.5) is 0 Å². The zero-order chi connectivity index (χ0) is 13.7. The van der Waals surface area contributed by atoms with Crippen molar-refractivity contribution in [1.29, 1.82) is 0 Å². The number of benzene rings is 1. The SMILES string of the molecule is COC(=O)c1ccc(C)c(C(O)C(O)CCCl)c1. The summed E-state index contributed by atoms with van der Waals surface area (Å²) in [5, 5.41) is 19.8. The second kappa shape index (κ2) is 6.73. The molecule has 0 aliphatic heterocycles. The van der Waals surface area contributed by atoms with Crippen LogP contribution in [0.1, 0.15) is 34.0 Å². The van der Waals surface area contributed by atoms with Crippen molar-refractivity contribution in [2.45, 2.75) is 25.6 Å². The Balaban J connectivity index is 3.03. The highest BCUT2D eigenvalue weighted by Gasteiger charge is 2.21. The minimum atomic E-state index is -1.06. The first-order valence-corrected chi connectivity index (χ1v) is 6.15. The van der Waals surface area contributed by atoms with Crippen LogP contribution in [-0.4, -0.2) is 35.3 Å². The average molecular weight is 273 g/mol. The van der Waals surface area contributed by atoms with Crippen molar-refractivity contribution in [3.63, 3.8) is 0 Å². The molecule has 4 nitrogen and oxygen atoms in total. The van der Waals surface area contributed by atoms with Crippen molar-refractivity contribution in [1.82, 2.24) is 0 Å². The van der Waals surface area contributed by atoms with E-state index in [0.29, 0.717) is 11.1 Å². The summed E-state index contributed by atoms with van der Waals surface area (Å²) >= 11 is 5.53. The summed E-state index contributed by atoms with van der Waals surface area (Å²) in [4.78, 5) is 11.4. The number of hydrogen-bond acceptors (Lipinski definition) is 4. The molecular formula is C13H17ClO4. The summed E-state index contributed by atoms with van der Waals surface area (Å²) in [5.41, 5.74) is 1.65. The Hall–Kier alpha value is -1.10. The molecule has 2 atom stereocenters. The Kier molecular flexibility index (Phi) is 5.59. The number of carbonyl (C=O) groups is 1. The molecule has 100 valence electrons. The van der Waals surface area contributed by atoms with Gasteiger partial charge < -0.3 is 14.9 Å². The molecule has 0 aromatic heterocycles. The van der Waals surface area contributed by atoms with Gasteiger partial charge in [-0.3, -0.25) is 0 Å². The predicted octanol–water partition coefficient (Wildman–Crippen LogP) is 1.80. The molecule has 0 spiro atoms. The van der Waals surface area contributed by atoms with Crippen molar-refractivity contribution in [2.75, 3.05) is 13.0 Å². The fraction of sp³-hybridized carbons (Fsp3) is 0.462. The van der Waals surface area contributed by atoms with Crippen LogP contribution in [0.25, 0.3) is 0 Å². The highest BCUT2D eigenvalue weighted by atomic mass is 35.5. The number of esters is 1. The molecule has 0 heterocycles. The van der Waals surface area contributed by atoms with Gasteiger partial charge in [0.05, 0.1) is 18.8 Å². The summed E-state index contributed by atoms with van der Waals surface area (Å²) in [5.74, 6) is -0.219. The second-order valence-corrected chi connectivity index (χ2v) is 4.43. The summed E-state index contributed by atoms with van der Waals surface area (Å²) in [6, 6.07) is 4.85. The molecule has 0 saturated carbocycles. The Morgan fingerprint density at radius 2 is 2.11 bits per heavy atom. The van der Waals surface area contributed by atoms with Gasteiger partial charge in [0.2, 0.25) is 0 Å². The van der Waals surface area contributed by atoms with Crippen molar-refractivity contribution < 1.29 is 19.7 Å². The molecule has 0 radical (unpaired) electrons. The maximum Gasteiger partial charge on any atom is 0.337 e. The smallest absolute Gasteiger partial charge is 0.337 e. The third kappa shape index (κ3) is 3.45. The molecule has 0 fully saturated rings. The van der Waals surface area contributed by atoms with Gasteiger partial charge >= 0.3 is 5.97 Å². The van der Waals surface area contributed by atoms with E-state index in [-0.39, 0.29) is 12.3 Å². The van der Waals surface area contributed by atoms with Crippen LogP contribution >= 0.6 is 11.6 Å². The Labute approximate surface area is 111 Å². The molecular weight excluding hydrogens is 256 g/mol. The maximum absolute atomic E-state index is 11.4. The summed E-state index contributed by atoms with van der Waals surface area (Å²) < 4.78 is 4.61. The van der Waals surface area contributed by atoms with Gasteiger partial charge in [0.1, 0.15) is 6.10 Å². The van der Waals surface area contributed by atoms with Gasteiger partial charge in [-0.2, -0.15) is 0 Å². The van der Waals surface area contributed by atoms with Gasteiger partial charge in [-0.25, -0.2) is 4.79 Å². The van der Waals surface area contributed by atoms with Crippen LogP contribution < -0.4 is 0 Å². The van der Waals surface area contributed by atoms with Crippen LogP contribution in [0.5, 0.6) is 0 Å². The standard InChI is InChI=1S/C13H17ClO4/c1-8-3-4-9(13(17)18-2)7-10(8)12(16)11(15)5-6-14/h3-4,7,11-12,15-16H,5-6H2,1-2H3. The summed E-state index contributed by atoms with van der Waals surface area (Å²) in [6.45, 7) is 1.80. The molecule has 2 unspecified atom stereocenters. The molecule has 18 heavy (non-hydrogen) atoms. The van der Waals surface area contributed by atoms with E-state index in [0.717, 1.165) is 5.56 Å². The second-order valence-electron chi connectivity index (χ2n) is 4.05. The number of aliphatic hydroxyl groups excluding tert-OH is 2. The lowest BCUT2D eigenvalue weighted by molar-refractivity contribution is 0.0165. The summed E-state index contributed by atoms with van der Waals surface area (Å²) in [6.07, 6.45) is -1.73. The third-order valence-electron chi connectivity index (χ3n) is 2.79. The van der Waals surface area contributed by atoms with Crippen LogP contribution in [-0.2, 0) is 4.74 Å². The van der Waals surface area contributed by atoms with Crippen molar-refractivity contribution >= 4 is 17.6 Å². The summed E-state index contributed by atoms with van der Waals surface area (Å²) in [7, 11) is 1.29. The normalized spacial score (nSPS) is 14.1. The fourth-order valence-electron chi connectivity index (χ4n) is 1.68. The van der Waals surface area contributed by atoms with Crippen LogP contribution in [0.3, 0.4) is 0 Å². The number of ether oxygens (including phenoxy) is 1. The van der Waals surface area contributed by atoms with E-state index >= 15 is 0 Å². The van der Waals surface area contributed by atoms with Crippen LogP contribution in [0, 0.1) is 6.92 Å². The Morgan fingerprint density at radius 1 is 1.44 bits per heavy atom. The molecule has 2 N–H and O–H groups in total. The van der Waals surface area contributed by atoms with E-state index in [1.54, 1.807) is 19.1 Å². The van der Waals surface area contributed by atoms with Crippen LogP contribution in [0.15, 0.2) is 18.2 Å². The predicted molar refractivity (Wildman–Crippen MR) is 68.8 cm³/mol. The maximum atomic E-state index is 11.4. The van der Waals surface area contributed by atoms with E-state index in [1.807, 2.05) is 0 Å². The van der Waals surface area contributed by atoms with E-state index in [2.05, 4.69) is 4.74 Å². The number of hydrogen-bond donors (Lipinski definition) is 2. The highest BCUT2D eigenvalue weighted by Crippen LogP contribution is 2.24. The van der Waals surface area contributed by atoms with E-state index < -0.39 is 18.2 Å². The first-order chi connectivity index (χ1) is 8.51. The number of alkyl halides is 1. The topological polar surface area (TPSA) is 66.8 Å². The monoisotopic (exact) mass is 272 g/mol. The van der Waals surface area contributed by atoms with E-state index in [9.17, 15) is 15.0 Å². The molecule has 5 heteroatoms. The van der Waals surface area contributed by atoms with Gasteiger partial charge in [0.15, 0.2) is 0 Å². The minimum Gasteiger partial charge on any atom is -0.465 e. The average Bonchev–Trinajstić information content (AvgIpc) is 2.37. The number of carbonyl (C=O) groups excluding carboxylic acids is 1. The van der Waals surface area contributed by atoms with Gasteiger partial charge in [0.25, 0.3) is 0 Å². The molecule has 0 aliphatic rings. The van der Waals surface area contributed by atoms with E-state index in [1.165, 1.54) is 13.2 Å². The zero-order valence-electron chi connectivity index (χ0n) is 10.4. The lowest BCUT2D eigenvalue weighted by atomic mass is 9.96. The quantitative estimate of drug-likeness (QED) is 0.634. The highest BCUT2D eigenvalue weighted by molar-refractivity contribution is 6.17. The Bertz CT molecular complexity index is 419. The molecule has 1 aromatic rings. The fourth-order valence-corrected chi connectivity index (χ4v) is 1.90. The third-order valence-corrected chi connectivity index (χ3v) is 3.01. The number of aryl methyl sites for hydroxylation is 1. The van der Waals surface area contributed by atoms with Gasteiger partial charge in [-0.1, -0.05) is 6.07 Å². The first kappa shape index (κ1) is 15.0. The van der Waals surface area contributed by atoms with E-state index in [4.69, 9.17) is 11.6 Å².